The van der Waals surface area contributed by atoms with E-state index in [1.807, 2.05) is 0 Å². The van der Waals surface area contributed by atoms with Gasteiger partial charge in [-0.15, -0.1) is 0 Å². The summed E-state index contributed by atoms with van der Waals surface area (Å²) in [4.78, 5) is 86.3. The monoisotopic (exact) mass is 538 g/mol. The van der Waals surface area contributed by atoms with Crippen molar-refractivity contribution < 1.29 is 33.6 Å². The van der Waals surface area contributed by atoms with Crippen LogP contribution in [0.4, 0.5) is 4.79 Å². The first-order chi connectivity index (χ1) is 17.7. The minimum absolute atomic E-state index is 0.0612. The highest BCUT2D eigenvalue weighted by Gasteiger charge is 2.33. The van der Waals surface area contributed by atoms with E-state index in [1.54, 1.807) is 27.7 Å². The van der Waals surface area contributed by atoms with E-state index in [2.05, 4.69) is 21.4 Å². The molecule has 0 radical (unpaired) electrons. The van der Waals surface area contributed by atoms with Crippen LogP contribution >= 0.6 is 0 Å². The van der Waals surface area contributed by atoms with Crippen molar-refractivity contribution in [3.8, 4) is 0 Å². The number of amides is 8. The molecule has 0 fully saturated rings. The minimum atomic E-state index is -1.14. The second-order valence-corrected chi connectivity index (χ2v) is 9.50. The van der Waals surface area contributed by atoms with Gasteiger partial charge in [0.05, 0.1) is 6.54 Å². The molecule has 0 saturated heterocycles. The van der Waals surface area contributed by atoms with Crippen molar-refractivity contribution in [2.45, 2.75) is 58.7 Å². The molecule has 1 rings (SSSR count). The van der Waals surface area contributed by atoms with Crippen LogP contribution in [0.3, 0.4) is 0 Å². The fourth-order valence-corrected chi connectivity index (χ4v) is 3.76. The maximum atomic E-state index is 13.1. The van der Waals surface area contributed by atoms with E-state index in [0.717, 1.165) is 17.1 Å². The topological polar surface area (TPSA) is 226 Å². The number of likely N-dealkylation sites (N-methyl/N-ethyl adjacent to an activating group) is 1. The number of nitrogens with two attached hydrogens (primary N) is 2. The van der Waals surface area contributed by atoms with Crippen molar-refractivity contribution in [1.29, 1.82) is 0 Å². The predicted octanol–water partition coefficient (Wildman–Crippen LogP) is -2.54. The summed E-state index contributed by atoms with van der Waals surface area (Å²) >= 11 is 0. The number of hydrogen-bond donors (Lipinski definition) is 6. The van der Waals surface area contributed by atoms with E-state index >= 15 is 0 Å². The third-order valence-electron chi connectivity index (χ3n) is 5.78. The van der Waals surface area contributed by atoms with Gasteiger partial charge in [0.25, 0.3) is 11.8 Å². The number of hydrazine groups is 1. The summed E-state index contributed by atoms with van der Waals surface area (Å²) in [5, 5.41) is 8.11. The molecule has 1 aliphatic heterocycles. The van der Waals surface area contributed by atoms with Crippen LogP contribution in [0.1, 0.15) is 40.5 Å². The molecule has 8 N–H and O–H groups in total. The summed E-state index contributed by atoms with van der Waals surface area (Å²) < 4.78 is 0. The molecule has 0 saturated carbocycles. The van der Waals surface area contributed by atoms with Crippen LogP contribution < -0.4 is 32.8 Å². The van der Waals surface area contributed by atoms with E-state index in [9.17, 15) is 33.6 Å². The van der Waals surface area contributed by atoms with Gasteiger partial charge in [-0.1, -0.05) is 27.7 Å². The molecule has 1 aliphatic rings. The van der Waals surface area contributed by atoms with Gasteiger partial charge >= 0.3 is 6.03 Å². The lowest BCUT2D eigenvalue weighted by Crippen LogP contribution is -2.59. The molecule has 0 aromatic heterocycles. The van der Waals surface area contributed by atoms with Gasteiger partial charge in [-0.25, -0.2) is 15.2 Å². The molecule has 0 bridgehead atoms. The maximum absolute atomic E-state index is 13.1. The summed E-state index contributed by atoms with van der Waals surface area (Å²) in [5.74, 6) is -4.56. The fraction of sp³-hybridized carbons (Fsp3) is 0.609. The largest absolute Gasteiger partial charge is 0.368 e. The molecule has 0 spiro atoms. The van der Waals surface area contributed by atoms with E-state index in [0.29, 0.717) is 5.01 Å². The van der Waals surface area contributed by atoms with Gasteiger partial charge < -0.3 is 32.3 Å². The lowest BCUT2D eigenvalue weighted by atomic mass is 10.0. The average Bonchev–Trinajstić information content (AvgIpc) is 3.13. The van der Waals surface area contributed by atoms with E-state index in [4.69, 9.17) is 11.5 Å². The summed E-state index contributed by atoms with van der Waals surface area (Å²) in [6.07, 6.45) is 2.43. The average molecular weight is 539 g/mol. The molecule has 212 valence electrons. The maximum Gasteiger partial charge on any atom is 0.312 e. The number of imide groups is 1. The summed E-state index contributed by atoms with van der Waals surface area (Å²) in [5.41, 5.74) is 13.0. The van der Waals surface area contributed by atoms with Gasteiger partial charge in [-0.05, 0) is 24.7 Å². The van der Waals surface area contributed by atoms with E-state index < -0.39 is 72.1 Å². The molecule has 1 heterocycles. The zero-order valence-corrected chi connectivity index (χ0v) is 22.3. The van der Waals surface area contributed by atoms with Gasteiger partial charge in [0.2, 0.25) is 23.6 Å². The van der Waals surface area contributed by atoms with Crippen molar-refractivity contribution in [2.75, 3.05) is 20.1 Å². The van der Waals surface area contributed by atoms with Gasteiger partial charge in [-0.3, -0.25) is 28.8 Å². The van der Waals surface area contributed by atoms with E-state index in [1.165, 1.54) is 7.05 Å². The first kappa shape index (κ1) is 32.0. The minimum Gasteiger partial charge on any atom is -0.368 e. The number of nitrogens with zero attached hydrogens (tertiary/aromatic N) is 2. The molecular formula is C23H38N8O7. The zero-order chi connectivity index (χ0) is 29.2. The molecule has 15 nitrogen and oxygen atoms in total. The number of carbonyl (C=O) groups excluding carboxylic acids is 7. The summed E-state index contributed by atoms with van der Waals surface area (Å²) in [6, 6.07) is -3.83. The molecule has 3 atom stereocenters. The molecule has 0 aliphatic carbocycles. The summed E-state index contributed by atoms with van der Waals surface area (Å²) in [6.45, 7) is 6.47. The Kier molecular flexibility index (Phi) is 12.4. The van der Waals surface area contributed by atoms with Crippen LogP contribution in [0.15, 0.2) is 12.2 Å². The van der Waals surface area contributed by atoms with Crippen LogP contribution in [0, 0.1) is 11.8 Å². The number of hydrogen-bond acceptors (Lipinski definition) is 8. The van der Waals surface area contributed by atoms with Crippen LogP contribution in [0.2, 0.25) is 0 Å². The van der Waals surface area contributed by atoms with Gasteiger partial charge in [0, 0.05) is 25.7 Å². The standard InChI is InChI=1S/C23H38N8O7/c1-12(2)18(29-31-15(32)8-9-16(31)33)22(37)28-14(7-6-10-26-23(25)38)21(36)27-11-17(34)30(5)19(13(3)4)20(24)35/h8-9,12-14,18-19,29H,6-7,10-11H2,1-5H3,(H2,24,35)(H,27,36)(H,28,37)(H3,25,26,38)/t14-,18?,19-/m0/s1. The number of rotatable bonds is 15. The van der Waals surface area contributed by atoms with E-state index in [-0.39, 0.29) is 25.3 Å². The highest BCUT2D eigenvalue weighted by Crippen LogP contribution is 2.10. The Labute approximate surface area is 221 Å². The van der Waals surface area contributed by atoms with Crippen LogP contribution in [-0.2, 0) is 28.8 Å². The summed E-state index contributed by atoms with van der Waals surface area (Å²) in [7, 11) is 1.40. The Morgan fingerprint density at radius 1 is 0.921 bits per heavy atom. The van der Waals surface area contributed by atoms with Gasteiger partial charge in [0.1, 0.15) is 18.1 Å². The molecule has 8 amide bonds. The Bertz CT molecular complexity index is 947. The quantitative estimate of drug-likeness (QED) is 0.0959. The Hall–Kier alpha value is -4.01. The Morgan fingerprint density at radius 2 is 1.50 bits per heavy atom. The normalized spacial score (nSPS) is 15.3. The third-order valence-corrected chi connectivity index (χ3v) is 5.78. The number of carbonyl (C=O) groups is 7. The van der Waals surface area contributed by atoms with Crippen molar-refractivity contribution in [3.63, 3.8) is 0 Å². The first-order valence-corrected chi connectivity index (χ1v) is 12.2. The highest BCUT2D eigenvalue weighted by atomic mass is 16.2. The Morgan fingerprint density at radius 3 is 1.97 bits per heavy atom. The second-order valence-electron chi connectivity index (χ2n) is 9.50. The van der Waals surface area contributed by atoms with Crippen molar-refractivity contribution >= 4 is 41.5 Å². The first-order valence-electron chi connectivity index (χ1n) is 12.2. The number of primary amides is 2. The SMILES string of the molecule is CC(C)C(NN1C(=O)C=CC1=O)C(=O)N[C@@H](CCCNC(N)=O)C(=O)NCC(=O)N(C)[C@H](C(N)=O)C(C)C. The van der Waals surface area contributed by atoms with Crippen LogP contribution in [-0.4, -0.2) is 89.6 Å². The third kappa shape index (κ3) is 9.46. The highest BCUT2D eigenvalue weighted by molar-refractivity contribution is 6.12. The molecule has 1 unspecified atom stereocenters. The second kappa shape index (κ2) is 14.7. The lowest BCUT2D eigenvalue weighted by Gasteiger charge is -2.29. The predicted molar refractivity (Wildman–Crippen MR) is 135 cm³/mol. The molecule has 0 aromatic carbocycles. The van der Waals surface area contributed by atoms with Crippen molar-refractivity contribution in [1.82, 2.24) is 31.3 Å². The van der Waals surface area contributed by atoms with Crippen molar-refractivity contribution in [2.24, 2.45) is 23.3 Å². The molecule has 0 aromatic rings. The van der Waals surface area contributed by atoms with Crippen LogP contribution in [0.25, 0.3) is 0 Å². The van der Waals surface area contributed by atoms with Gasteiger partial charge in [0.15, 0.2) is 0 Å². The number of nitrogens with one attached hydrogen (secondary N) is 4. The Balaban J connectivity index is 2.94. The van der Waals surface area contributed by atoms with Crippen LogP contribution in [0.5, 0.6) is 0 Å². The molecule has 38 heavy (non-hydrogen) atoms. The molecule has 15 heteroatoms. The number of urea groups is 1. The molecular weight excluding hydrogens is 500 g/mol. The fourth-order valence-electron chi connectivity index (χ4n) is 3.76. The smallest absolute Gasteiger partial charge is 0.312 e. The lowest BCUT2D eigenvalue weighted by molar-refractivity contribution is -0.143. The van der Waals surface area contributed by atoms with Gasteiger partial charge in [-0.2, -0.15) is 0 Å². The zero-order valence-electron chi connectivity index (χ0n) is 22.3. The van der Waals surface area contributed by atoms with Crippen molar-refractivity contribution in [3.05, 3.63) is 12.2 Å².